The van der Waals surface area contributed by atoms with Crippen LogP contribution in [-0.2, 0) is 18.8 Å². The van der Waals surface area contributed by atoms with Crippen LogP contribution in [0, 0.1) is 5.41 Å². The van der Waals surface area contributed by atoms with Gasteiger partial charge in [-0.25, -0.2) is 9.78 Å². The van der Waals surface area contributed by atoms with E-state index in [9.17, 15) is 9.59 Å². The fourth-order valence-corrected chi connectivity index (χ4v) is 2.71. The van der Waals surface area contributed by atoms with E-state index in [1.165, 1.54) is 0 Å². The molecule has 1 N–H and O–H groups in total. The van der Waals surface area contributed by atoms with Crippen molar-refractivity contribution in [2.24, 2.45) is 5.41 Å². The lowest BCUT2D eigenvalue weighted by Gasteiger charge is -2.32. The Morgan fingerprint density at radius 2 is 1.71 bits per heavy atom. The van der Waals surface area contributed by atoms with E-state index in [-0.39, 0.29) is 29.4 Å². The molecule has 1 aromatic rings. The van der Waals surface area contributed by atoms with E-state index in [1.54, 1.807) is 19.1 Å². The highest BCUT2D eigenvalue weighted by Crippen LogP contribution is 2.36. The maximum Gasteiger partial charge on any atom is 0.495 e. The number of rotatable bonds is 5. The van der Waals surface area contributed by atoms with Crippen molar-refractivity contribution in [3.8, 4) is 0 Å². The molecule has 1 fully saturated rings. The largest absolute Gasteiger partial charge is 0.495 e. The molecule has 1 saturated heterocycles. The third-order valence-corrected chi connectivity index (χ3v) is 4.82. The number of anilines is 1. The second-order valence-corrected chi connectivity index (χ2v) is 9.27. The molecular formula is C20H31BN2O5. The van der Waals surface area contributed by atoms with Gasteiger partial charge >= 0.3 is 13.1 Å². The van der Waals surface area contributed by atoms with Crippen molar-refractivity contribution >= 4 is 30.3 Å². The van der Waals surface area contributed by atoms with E-state index < -0.39 is 24.3 Å². The molecule has 154 valence electrons. The Labute approximate surface area is 167 Å². The number of ether oxygens (including phenoxy) is 1. The molecule has 0 aliphatic carbocycles. The first kappa shape index (κ1) is 22.4. The van der Waals surface area contributed by atoms with Crippen LogP contribution < -0.4 is 10.8 Å². The van der Waals surface area contributed by atoms with Crippen LogP contribution in [0.1, 0.15) is 72.3 Å². The molecule has 2 heterocycles. The standard InChI is InChI=1S/C20H31BN2O5/c1-9-26-17(25)14-10-13(21-27-19(5,6)20(7,8)28-21)11-15(22-14)23-16(24)12-18(2,3)4/h10-11H,9,12H2,1-8H3,(H,22,23,24). The first-order chi connectivity index (χ1) is 12.7. The molecule has 0 radical (unpaired) electrons. The van der Waals surface area contributed by atoms with Crippen molar-refractivity contribution < 1.29 is 23.6 Å². The van der Waals surface area contributed by atoms with E-state index in [1.807, 2.05) is 48.5 Å². The van der Waals surface area contributed by atoms with E-state index in [0.717, 1.165) is 0 Å². The van der Waals surface area contributed by atoms with Gasteiger partial charge in [-0.1, -0.05) is 20.8 Å². The molecule has 0 atom stereocenters. The zero-order valence-electron chi connectivity index (χ0n) is 18.1. The maximum atomic E-state index is 12.3. The van der Waals surface area contributed by atoms with Crippen molar-refractivity contribution in [3.05, 3.63) is 17.8 Å². The van der Waals surface area contributed by atoms with Gasteiger partial charge in [-0.05, 0) is 57.6 Å². The second-order valence-electron chi connectivity index (χ2n) is 9.27. The van der Waals surface area contributed by atoms with Crippen LogP contribution in [0.4, 0.5) is 5.82 Å². The van der Waals surface area contributed by atoms with E-state index >= 15 is 0 Å². The highest BCUT2D eigenvalue weighted by Gasteiger charge is 2.52. The number of nitrogens with zero attached hydrogens (tertiary/aromatic N) is 1. The van der Waals surface area contributed by atoms with E-state index in [4.69, 9.17) is 14.0 Å². The molecule has 7 nitrogen and oxygen atoms in total. The highest BCUT2D eigenvalue weighted by molar-refractivity contribution is 6.62. The van der Waals surface area contributed by atoms with Crippen LogP contribution in [0.25, 0.3) is 0 Å². The summed E-state index contributed by atoms with van der Waals surface area (Å²) >= 11 is 0. The Morgan fingerprint density at radius 3 is 2.21 bits per heavy atom. The minimum absolute atomic E-state index is 0.0973. The Bertz CT molecular complexity index is 739. The molecule has 1 amide bonds. The van der Waals surface area contributed by atoms with Crippen LogP contribution in [0.3, 0.4) is 0 Å². The number of carbonyl (C=O) groups excluding carboxylic acids is 2. The third kappa shape index (κ3) is 5.32. The summed E-state index contributed by atoms with van der Waals surface area (Å²) in [5.74, 6) is -0.474. The summed E-state index contributed by atoms with van der Waals surface area (Å²) in [4.78, 5) is 28.8. The average Bonchev–Trinajstić information content (AvgIpc) is 2.73. The quantitative estimate of drug-likeness (QED) is 0.615. The number of aromatic nitrogens is 1. The maximum absolute atomic E-state index is 12.3. The number of hydrogen-bond acceptors (Lipinski definition) is 6. The number of hydrogen-bond donors (Lipinski definition) is 1. The Balaban J connectivity index is 2.36. The van der Waals surface area contributed by atoms with Gasteiger partial charge in [-0.15, -0.1) is 0 Å². The highest BCUT2D eigenvalue weighted by atomic mass is 16.7. The normalized spacial score (nSPS) is 18.1. The third-order valence-electron chi connectivity index (χ3n) is 4.82. The first-order valence-corrected chi connectivity index (χ1v) is 9.59. The molecule has 1 aromatic heterocycles. The number of pyridine rings is 1. The smallest absolute Gasteiger partial charge is 0.461 e. The van der Waals surface area contributed by atoms with Crippen LogP contribution in [0.2, 0.25) is 0 Å². The summed E-state index contributed by atoms with van der Waals surface area (Å²) in [7, 11) is -0.681. The van der Waals surface area contributed by atoms with Gasteiger partial charge in [-0.2, -0.15) is 0 Å². The fraction of sp³-hybridized carbons (Fsp3) is 0.650. The number of carbonyl (C=O) groups is 2. The van der Waals surface area contributed by atoms with Gasteiger partial charge in [0, 0.05) is 6.42 Å². The summed E-state index contributed by atoms with van der Waals surface area (Å²) in [6.45, 7) is 15.7. The molecule has 1 aliphatic heterocycles. The molecule has 0 unspecified atom stereocenters. The Hall–Kier alpha value is -1.93. The van der Waals surface area contributed by atoms with Crippen molar-refractivity contribution in [1.82, 2.24) is 4.98 Å². The van der Waals surface area contributed by atoms with Crippen molar-refractivity contribution in [3.63, 3.8) is 0 Å². The molecule has 8 heteroatoms. The first-order valence-electron chi connectivity index (χ1n) is 9.59. The van der Waals surface area contributed by atoms with Crippen molar-refractivity contribution in [2.45, 2.75) is 73.0 Å². The Kier molecular flexibility index (Phi) is 6.26. The number of nitrogens with one attached hydrogen (secondary N) is 1. The molecule has 0 bridgehead atoms. The van der Waals surface area contributed by atoms with Crippen molar-refractivity contribution in [2.75, 3.05) is 11.9 Å². The number of esters is 1. The Morgan fingerprint density at radius 1 is 1.14 bits per heavy atom. The summed E-state index contributed by atoms with van der Waals surface area (Å²) < 4.78 is 17.2. The minimum Gasteiger partial charge on any atom is -0.461 e. The molecule has 0 aromatic carbocycles. The van der Waals surface area contributed by atoms with Crippen molar-refractivity contribution in [1.29, 1.82) is 0 Å². The van der Waals surface area contributed by atoms with Gasteiger partial charge in [0.05, 0.1) is 17.8 Å². The molecule has 28 heavy (non-hydrogen) atoms. The summed E-state index contributed by atoms with van der Waals surface area (Å²) in [6, 6.07) is 3.25. The van der Waals surface area contributed by atoms with Crippen LogP contribution in [0.15, 0.2) is 12.1 Å². The zero-order chi connectivity index (χ0) is 21.3. The van der Waals surface area contributed by atoms with Gasteiger partial charge in [0.25, 0.3) is 0 Å². The monoisotopic (exact) mass is 390 g/mol. The lowest BCUT2D eigenvalue weighted by molar-refractivity contribution is -0.117. The van der Waals surface area contributed by atoms with E-state index in [2.05, 4.69) is 10.3 Å². The fourth-order valence-electron chi connectivity index (χ4n) is 2.71. The second kappa shape index (κ2) is 7.83. The molecule has 2 rings (SSSR count). The molecular weight excluding hydrogens is 359 g/mol. The van der Waals surface area contributed by atoms with Gasteiger partial charge in [0.15, 0.2) is 0 Å². The van der Waals surface area contributed by atoms with Crippen LogP contribution in [-0.4, -0.2) is 41.8 Å². The lowest BCUT2D eigenvalue weighted by atomic mass is 9.79. The predicted molar refractivity (Wildman–Crippen MR) is 109 cm³/mol. The predicted octanol–water partition coefficient (Wildman–Crippen LogP) is 2.93. The molecule has 0 spiro atoms. The van der Waals surface area contributed by atoms with E-state index in [0.29, 0.717) is 11.9 Å². The number of amides is 1. The van der Waals surface area contributed by atoms with Gasteiger partial charge in [0.1, 0.15) is 11.5 Å². The summed E-state index contributed by atoms with van der Waals surface area (Å²) in [5, 5.41) is 2.77. The molecule has 1 aliphatic rings. The topological polar surface area (TPSA) is 86.8 Å². The van der Waals surface area contributed by atoms with Crippen LogP contribution >= 0.6 is 0 Å². The SMILES string of the molecule is CCOC(=O)c1cc(B2OC(C)(C)C(C)(C)O2)cc(NC(=O)CC(C)(C)C)n1. The minimum atomic E-state index is -0.681. The van der Waals surface area contributed by atoms with Gasteiger partial charge in [0.2, 0.25) is 5.91 Å². The summed E-state index contributed by atoms with van der Waals surface area (Å²) in [5.41, 5.74) is -0.526. The lowest BCUT2D eigenvalue weighted by Crippen LogP contribution is -2.41. The summed E-state index contributed by atoms with van der Waals surface area (Å²) in [6.07, 6.45) is 0.324. The van der Waals surface area contributed by atoms with Crippen LogP contribution in [0.5, 0.6) is 0 Å². The van der Waals surface area contributed by atoms with Gasteiger partial charge in [-0.3, -0.25) is 4.79 Å². The molecule has 0 saturated carbocycles. The zero-order valence-corrected chi connectivity index (χ0v) is 18.1. The average molecular weight is 390 g/mol. The van der Waals surface area contributed by atoms with Gasteiger partial charge < -0.3 is 19.4 Å².